The van der Waals surface area contributed by atoms with E-state index in [4.69, 9.17) is 9.52 Å². The van der Waals surface area contributed by atoms with E-state index in [1.54, 1.807) is 12.1 Å². The first-order valence-corrected chi connectivity index (χ1v) is 6.37. The Morgan fingerprint density at radius 3 is 2.89 bits per heavy atom. The van der Waals surface area contributed by atoms with Crippen LogP contribution in [0.3, 0.4) is 0 Å². The van der Waals surface area contributed by atoms with Gasteiger partial charge in [-0.25, -0.2) is 4.79 Å². The molecule has 1 aliphatic rings. The van der Waals surface area contributed by atoms with Gasteiger partial charge < -0.3 is 19.7 Å². The molecule has 2 rings (SSSR count). The summed E-state index contributed by atoms with van der Waals surface area (Å²) in [5.74, 6) is 0.132. The predicted octanol–water partition coefficient (Wildman–Crippen LogP) is 1.77. The minimum Gasteiger partial charge on any atom is -0.465 e. The van der Waals surface area contributed by atoms with Gasteiger partial charge >= 0.3 is 6.09 Å². The molecule has 1 fully saturated rings. The average Bonchev–Trinajstić information content (AvgIpc) is 2.94. The fourth-order valence-electron chi connectivity index (χ4n) is 1.93. The number of carbonyl (C=O) groups is 2. The Labute approximate surface area is 112 Å². The number of nitrogens with zero attached hydrogens (tertiary/aromatic N) is 1. The van der Waals surface area contributed by atoms with Crippen LogP contribution in [0.15, 0.2) is 21.2 Å². The second-order valence-corrected chi connectivity index (χ2v) is 4.98. The van der Waals surface area contributed by atoms with Gasteiger partial charge in [0.2, 0.25) is 0 Å². The van der Waals surface area contributed by atoms with Crippen LogP contribution in [0.2, 0.25) is 0 Å². The lowest BCUT2D eigenvalue weighted by Crippen LogP contribution is -2.32. The van der Waals surface area contributed by atoms with Crippen molar-refractivity contribution in [2.45, 2.75) is 6.42 Å². The third-order valence-electron chi connectivity index (χ3n) is 2.90. The summed E-state index contributed by atoms with van der Waals surface area (Å²) in [4.78, 5) is 23.8. The Morgan fingerprint density at radius 2 is 2.33 bits per heavy atom. The van der Waals surface area contributed by atoms with Crippen molar-refractivity contribution >= 4 is 27.9 Å². The topological polar surface area (TPSA) is 82.8 Å². The van der Waals surface area contributed by atoms with Crippen molar-refractivity contribution in [2.24, 2.45) is 5.92 Å². The number of carbonyl (C=O) groups excluding carboxylic acids is 1. The highest BCUT2D eigenvalue weighted by Crippen LogP contribution is 2.16. The van der Waals surface area contributed by atoms with Crippen molar-refractivity contribution in [1.29, 1.82) is 0 Å². The van der Waals surface area contributed by atoms with Gasteiger partial charge in [0.15, 0.2) is 10.4 Å². The van der Waals surface area contributed by atoms with E-state index in [1.165, 1.54) is 4.90 Å². The molecule has 0 aliphatic carbocycles. The summed E-state index contributed by atoms with van der Waals surface area (Å²) in [6, 6.07) is 3.23. The molecule has 18 heavy (non-hydrogen) atoms. The monoisotopic (exact) mass is 316 g/mol. The molecule has 0 bridgehead atoms. The van der Waals surface area contributed by atoms with Crippen molar-refractivity contribution in [3.05, 3.63) is 22.6 Å². The normalized spacial score (nSPS) is 18.9. The summed E-state index contributed by atoms with van der Waals surface area (Å²) in [7, 11) is 0. The number of rotatable bonds is 3. The van der Waals surface area contributed by atoms with Crippen LogP contribution in [-0.4, -0.2) is 41.6 Å². The molecule has 0 aromatic carbocycles. The lowest BCUT2D eigenvalue weighted by atomic mass is 10.1. The largest absolute Gasteiger partial charge is 0.465 e. The molecular formula is C11H13BrN2O4. The first-order valence-electron chi connectivity index (χ1n) is 5.57. The molecule has 2 N–H and O–H groups in total. The maximum absolute atomic E-state index is 11.7. The highest BCUT2D eigenvalue weighted by Gasteiger charge is 2.26. The molecule has 0 radical (unpaired) electrons. The van der Waals surface area contributed by atoms with E-state index >= 15 is 0 Å². The molecule has 2 amide bonds. The molecular weight excluding hydrogens is 304 g/mol. The number of furan rings is 1. The van der Waals surface area contributed by atoms with Crippen LogP contribution < -0.4 is 5.32 Å². The summed E-state index contributed by atoms with van der Waals surface area (Å²) in [5, 5.41) is 11.5. The molecule has 1 aromatic rings. The van der Waals surface area contributed by atoms with Gasteiger partial charge in [-0.1, -0.05) is 0 Å². The van der Waals surface area contributed by atoms with Gasteiger partial charge in [-0.3, -0.25) is 4.79 Å². The van der Waals surface area contributed by atoms with Gasteiger partial charge in [0, 0.05) is 19.6 Å². The van der Waals surface area contributed by atoms with Crippen molar-refractivity contribution in [3.8, 4) is 0 Å². The van der Waals surface area contributed by atoms with E-state index < -0.39 is 6.09 Å². The molecule has 0 spiro atoms. The van der Waals surface area contributed by atoms with Gasteiger partial charge in [-0.15, -0.1) is 0 Å². The fraction of sp³-hybridized carbons (Fsp3) is 0.455. The van der Waals surface area contributed by atoms with Crippen molar-refractivity contribution < 1.29 is 19.1 Å². The van der Waals surface area contributed by atoms with E-state index in [0.29, 0.717) is 24.3 Å². The maximum Gasteiger partial charge on any atom is 0.407 e. The van der Waals surface area contributed by atoms with Gasteiger partial charge in [0.25, 0.3) is 5.91 Å². The second kappa shape index (κ2) is 5.43. The molecule has 1 aromatic heterocycles. The molecule has 1 aliphatic heterocycles. The summed E-state index contributed by atoms with van der Waals surface area (Å²) in [6.07, 6.45) is -0.132. The third kappa shape index (κ3) is 3.04. The number of nitrogens with one attached hydrogen (secondary N) is 1. The molecule has 0 saturated carbocycles. The molecule has 1 saturated heterocycles. The van der Waals surface area contributed by atoms with Crippen molar-refractivity contribution in [3.63, 3.8) is 0 Å². The highest BCUT2D eigenvalue weighted by atomic mass is 79.9. The van der Waals surface area contributed by atoms with Crippen LogP contribution in [0, 0.1) is 5.92 Å². The number of hydrogen-bond donors (Lipinski definition) is 2. The SMILES string of the molecule is O=C(NCC1CCN(C(=O)O)C1)c1ccc(Br)o1. The van der Waals surface area contributed by atoms with E-state index in [1.807, 2.05) is 0 Å². The second-order valence-electron chi connectivity index (χ2n) is 4.20. The van der Waals surface area contributed by atoms with E-state index in [0.717, 1.165) is 6.42 Å². The Kier molecular flexibility index (Phi) is 3.90. The quantitative estimate of drug-likeness (QED) is 0.890. The number of amides is 2. The van der Waals surface area contributed by atoms with Crippen LogP contribution in [0.1, 0.15) is 17.0 Å². The number of carboxylic acid groups (broad SMARTS) is 1. The average molecular weight is 317 g/mol. The minimum atomic E-state index is -0.904. The van der Waals surface area contributed by atoms with E-state index in [9.17, 15) is 9.59 Å². The lowest BCUT2D eigenvalue weighted by Gasteiger charge is -2.12. The molecule has 7 heteroatoms. The van der Waals surface area contributed by atoms with Crippen molar-refractivity contribution in [1.82, 2.24) is 10.2 Å². The first-order chi connectivity index (χ1) is 8.56. The van der Waals surface area contributed by atoms with Crippen LogP contribution in [0.25, 0.3) is 0 Å². The van der Waals surface area contributed by atoms with Gasteiger partial charge in [0.05, 0.1) is 0 Å². The summed E-state index contributed by atoms with van der Waals surface area (Å²) < 4.78 is 5.63. The number of hydrogen-bond acceptors (Lipinski definition) is 3. The Hall–Kier alpha value is -1.50. The Balaban J connectivity index is 1.79. The highest BCUT2D eigenvalue weighted by molar-refractivity contribution is 9.10. The zero-order chi connectivity index (χ0) is 13.1. The van der Waals surface area contributed by atoms with Gasteiger partial charge in [-0.2, -0.15) is 0 Å². The summed E-state index contributed by atoms with van der Waals surface area (Å²) in [6.45, 7) is 1.46. The van der Waals surface area contributed by atoms with Crippen LogP contribution >= 0.6 is 15.9 Å². The maximum atomic E-state index is 11.7. The predicted molar refractivity (Wildman–Crippen MR) is 66.4 cm³/mol. The van der Waals surface area contributed by atoms with Crippen LogP contribution in [0.4, 0.5) is 4.79 Å². The van der Waals surface area contributed by atoms with Gasteiger partial charge in [-0.05, 0) is 40.4 Å². The lowest BCUT2D eigenvalue weighted by molar-refractivity contribution is 0.0918. The summed E-state index contributed by atoms with van der Waals surface area (Å²) >= 11 is 3.12. The molecule has 98 valence electrons. The Bertz CT molecular complexity index is 460. The van der Waals surface area contributed by atoms with Crippen LogP contribution in [0.5, 0.6) is 0 Å². The van der Waals surface area contributed by atoms with Crippen molar-refractivity contribution in [2.75, 3.05) is 19.6 Å². The number of likely N-dealkylation sites (tertiary alicyclic amines) is 1. The van der Waals surface area contributed by atoms with E-state index in [-0.39, 0.29) is 17.6 Å². The molecule has 1 unspecified atom stereocenters. The molecule has 1 atom stereocenters. The smallest absolute Gasteiger partial charge is 0.407 e. The first kappa shape index (κ1) is 12.9. The van der Waals surface area contributed by atoms with Gasteiger partial charge in [0.1, 0.15) is 0 Å². The third-order valence-corrected chi connectivity index (χ3v) is 3.33. The number of halogens is 1. The minimum absolute atomic E-state index is 0.170. The van der Waals surface area contributed by atoms with Crippen LogP contribution in [-0.2, 0) is 0 Å². The molecule has 2 heterocycles. The standard InChI is InChI=1S/C11H13BrN2O4/c12-9-2-1-8(18-9)10(15)13-5-7-3-4-14(6-7)11(16)17/h1-2,7H,3-6H2,(H,13,15)(H,16,17). The zero-order valence-electron chi connectivity index (χ0n) is 9.56. The molecule has 6 nitrogen and oxygen atoms in total. The zero-order valence-corrected chi connectivity index (χ0v) is 11.1. The summed E-state index contributed by atoms with van der Waals surface area (Å²) in [5.41, 5.74) is 0. The Morgan fingerprint density at radius 1 is 1.56 bits per heavy atom. The fourth-order valence-corrected chi connectivity index (χ4v) is 2.24. The van der Waals surface area contributed by atoms with E-state index in [2.05, 4.69) is 21.2 Å².